The van der Waals surface area contributed by atoms with Crippen LogP contribution in [-0.4, -0.2) is 25.2 Å². The molecular formula is C14H14N6O. The minimum atomic E-state index is -0.284. The Hall–Kier alpha value is -3.09. The highest BCUT2D eigenvalue weighted by Crippen LogP contribution is 2.16. The zero-order valence-corrected chi connectivity index (χ0v) is 11.4. The number of nitrogens with two attached hydrogens (primary N) is 1. The maximum Gasteiger partial charge on any atom is 0.277 e. The van der Waals surface area contributed by atoms with E-state index in [1.165, 1.54) is 0 Å². The molecule has 0 unspecified atom stereocenters. The molecule has 0 fully saturated rings. The number of aryl methyl sites for hydroxylation is 1. The van der Waals surface area contributed by atoms with Crippen LogP contribution >= 0.6 is 0 Å². The molecule has 106 valence electrons. The summed E-state index contributed by atoms with van der Waals surface area (Å²) in [6, 6.07) is 8.94. The van der Waals surface area contributed by atoms with E-state index in [-0.39, 0.29) is 5.91 Å². The Morgan fingerprint density at radius 3 is 2.67 bits per heavy atom. The van der Waals surface area contributed by atoms with E-state index < -0.39 is 0 Å². The molecule has 3 N–H and O–H groups in total. The van der Waals surface area contributed by atoms with Crippen LogP contribution in [0.25, 0.3) is 5.69 Å². The standard InChI is InChI=1S/C14H14N6O/c1-19-8-12(16-9-19)14(21)18-13-6-7-17-20(13)11-4-2-10(15)3-5-11/h2-9H,15H2,1H3,(H,18,21). The van der Waals surface area contributed by atoms with Gasteiger partial charge in [0.2, 0.25) is 0 Å². The molecule has 0 bridgehead atoms. The predicted molar refractivity (Wildman–Crippen MR) is 79.1 cm³/mol. The summed E-state index contributed by atoms with van der Waals surface area (Å²) >= 11 is 0. The Morgan fingerprint density at radius 2 is 2.00 bits per heavy atom. The molecule has 1 aromatic carbocycles. The summed E-state index contributed by atoms with van der Waals surface area (Å²) in [5, 5.41) is 6.99. The summed E-state index contributed by atoms with van der Waals surface area (Å²) in [5.41, 5.74) is 7.50. The molecule has 2 heterocycles. The van der Waals surface area contributed by atoms with E-state index in [1.807, 2.05) is 19.2 Å². The van der Waals surface area contributed by atoms with Gasteiger partial charge in [0.1, 0.15) is 11.5 Å². The van der Waals surface area contributed by atoms with Crippen molar-refractivity contribution in [2.45, 2.75) is 0 Å². The number of imidazole rings is 1. The third-order valence-electron chi connectivity index (χ3n) is 2.96. The average Bonchev–Trinajstić information content (AvgIpc) is 3.09. The number of nitrogen functional groups attached to an aromatic ring is 1. The van der Waals surface area contributed by atoms with Crippen LogP contribution in [0.1, 0.15) is 10.5 Å². The Balaban J connectivity index is 1.86. The van der Waals surface area contributed by atoms with Gasteiger partial charge in [-0.3, -0.25) is 4.79 Å². The van der Waals surface area contributed by atoms with Gasteiger partial charge in [0.05, 0.1) is 18.2 Å². The van der Waals surface area contributed by atoms with Gasteiger partial charge in [-0.2, -0.15) is 5.10 Å². The Morgan fingerprint density at radius 1 is 1.24 bits per heavy atom. The second-order valence-electron chi connectivity index (χ2n) is 4.60. The van der Waals surface area contributed by atoms with E-state index in [9.17, 15) is 4.79 Å². The summed E-state index contributed by atoms with van der Waals surface area (Å²) in [7, 11) is 1.81. The Bertz CT molecular complexity index is 771. The minimum absolute atomic E-state index is 0.284. The number of amides is 1. The first kappa shape index (κ1) is 12.9. The molecule has 0 spiro atoms. The molecule has 0 saturated heterocycles. The molecule has 1 amide bonds. The van der Waals surface area contributed by atoms with Crippen molar-refractivity contribution in [3.05, 3.63) is 54.7 Å². The maximum atomic E-state index is 12.1. The van der Waals surface area contributed by atoms with Crippen LogP contribution in [0.4, 0.5) is 11.5 Å². The minimum Gasteiger partial charge on any atom is -0.399 e. The SMILES string of the molecule is Cn1cnc(C(=O)Nc2ccnn2-c2ccc(N)cc2)c1. The first-order chi connectivity index (χ1) is 10.1. The highest BCUT2D eigenvalue weighted by molar-refractivity contribution is 6.02. The smallest absolute Gasteiger partial charge is 0.277 e. The fourth-order valence-electron chi connectivity index (χ4n) is 1.93. The topological polar surface area (TPSA) is 90.8 Å². The number of aromatic nitrogens is 4. The molecule has 0 aliphatic heterocycles. The van der Waals surface area contributed by atoms with E-state index in [0.29, 0.717) is 17.2 Å². The number of carbonyl (C=O) groups excluding carboxylic acids is 1. The van der Waals surface area contributed by atoms with Gasteiger partial charge in [0.25, 0.3) is 5.91 Å². The van der Waals surface area contributed by atoms with Gasteiger partial charge in [0, 0.05) is 25.0 Å². The number of nitrogens with zero attached hydrogens (tertiary/aromatic N) is 4. The fourth-order valence-corrected chi connectivity index (χ4v) is 1.93. The molecular weight excluding hydrogens is 268 g/mol. The van der Waals surface area contributed by atoms with Gasteiger partial charge < -0.3 is 15.6 Å². The number of rotatable bonds is 3. The second kappa shape index (κ2) is 5.12. The molecule has 21 heavy (non-hydrogen) atoms. The molecule has 7 nitrogen and oxygen atoms in total. The van der Waals surface area contributed by atoms with Crippen LogP contribution in [0.15, 0.2) is 49.1 Å². The lowest BCUT2D eigenvalue weighted by Gasteiger charge is -2.08. The van der Waals surface area contributed by atoms with Gasteiger partial charge in [0.15, 0.2) is 0 Å². The summed E-state index contributed by atoms with van der Waals surface area (Å²) in [5.74, 6) is 0.281. The third-order valence-corrected chi connectivity index (χ3v) is 2.96. The lowest BCUT2D eigenvalue weighted by atomic mass is 10.3. The molecule has 0 saturated carbocycles. The maximum absolute atomic E-state index is 12.1. The Labute approximate surface area is 121 Å². The van der Waals surface area contributed by atoms with Crippen LogP contribution in [0.2, 0.25) is 0 Å². The van der Waals surface area contributed by atoms with Crippen LogP contribution in [0.3, 0.4) is 0 Å². The second-order valence-corrected chi connectivity index (χ2v) is 4.60. The first-order valence-electron chi connectivity index (χ1n) is 6.33. The van der Waals surface area contributed by atoms with Crippen molar-refractivity contribution in [3.8, 4) is 5.69 Å². The quantitative estimate of drug-likeness (QED) is 0.711. The zero-order chi connectivity index (χ0) is 14.8. The molecule has 2 aromatic heterocycles. The van der Waals surface area contributed by atoms with Crippen LogP contribution < -0.4 is 11.1 Å². The molecule has 0 radical (unpaired) electrons. The van der Waals surface area contributed by atoms with Gasteiger partial charge in [-0.05, 0) is 24.3 Å². The summed E-state index contributed by atoms with van der Waals surface area (Å²) < 4.78 is 3.34. The molecule has 3 rings (SSSR count). The number of nitrogens with one attached hydrogen (secondary N) is 1. The molecule has 0 atom stereocenters. The molecule has 7 heteroatoms. The van der Waals surface area contributed by atoms with E-state index in [0.717, 1.165) is 5.69 Å². The largest absolute Gasteiger partial charge is 0.399 e. The van der Waals surface area contributed by atoms with Crippen LogP contribution in [0.5, 0.6) is 0 Å². The summed E-state index contributed by atoms with van der Waals surface area (Å²) in [6.07, 6.45) is 4.84. The van der Waals surface area contributed by atoms with E-state index in [4.69, 9.17) is 5.73 Å². The summed E-state index contributed by atoms with van der Waals surface area (Å²) in [6.45, 7) is 0. The van der Waals surface area contributed by atoms with E-state index >= 15 is 0 Å². The molecule has 0 aliphatic rings. The van der Waals surface area contributed by atoms with Crippen molar-refractivity contribution < 1.29 is 4.79 Å². The van der Waals surface area contributed by atoms with E-state index in [1.54, 1.807) is 46.2 Å². The molecule has 0 aliphatic carbocycles. The third kappa shape index (κ3) is 2.62. The van der Waals surface area contributed by atoms with Crippen molar-refractivity contribution in [1.29, 1.82) is 0 Å². The lowest BCUT2D eigenvalue weighted by molar-refractivity contribution is 0.102. The highest BCUT2D eigenvalue weighted by Gasteiger charge is 2.12. The van der Waals surface area contributed by atoms with E-state index in [2.05, 4.69) is 15.4 Å². The van der Waals surface area contributed by atoms with Crippen molar-refractivity contribution >= 4 is 17.4 Å². The zero-order valence-electron chi connectivity index (χ0n) is 11.4. The first-order valence-corrected chi connectivity index (χ1v) is 6.33. The Kier molecular flexibility index (Phi) is 3.15. The number of hydrogen-bond acceptors (Lipinski definition) is 4. The number of hydrogen-bond donors (Lipinski definition) is 2. The highest BCUT2D eigenvalue weighted by atomic mass is 16.2. The number of benzene rings is 1. The lowest BCUT2D eigenvalue weighted by Crippen LogP contribution is -2.15. The van der Waals surface area contributed by atoms with Gasteiger partial charge >= 0.3 is 0 Å². The van der Waals surface area contributed by atoms with Crippen molar-refractivity contribution in [2.24, 2.45) is 7.05 Å². The molecule has 3 aromatic rings. The normalized spacial score (nSPS) is 10.5. The monoisotopic (exact) mass is 282 g/mol. The number of carbonyl (C=O) groups is 1. The van der Waals surface area contributed by atoms with Gasteiger partial charge in [-0.25, -0.2) is 9.67 Å². The van der Waals surface area contributed by atoms with Crippen LogP contribution in [0, 0.1) is 0 Å². The van der Waals surface area contributed by atoms with Crippen molar-refractivity contribution in [1.82, 2.24) is 19.3 Å². The van der Waals surface area contributed by atoms with Crippen LogP contribution in [-0.2, 0) is 7.05 Å². The van der Waals surface area contributed by atoms with Crippen molar-refractivity contribution in [3.63, 3.8) is 0 Å². The fraction of sp³-hybridized carbons (Fsp3) is 0.0714. The summed E-state index contributed by atoms with van der Waals surface area (Å²) in [4.78, 5) is 16.1. The van der Waals surface area contributed by atoms with Gasteiger partial charge in [-0.15, -0.1) is 0 Å². The number of anilines is 2. The average molecular weight is 282 g/mol. The predicted octanol–water partition coefficient (Wildman–Crippen LogP) is 1.44. The van der Waals surface area contributed by atoms with Crippen molar-refractivity contribution in [2.75, 3.05) is 11.1 Å². The van der Waals surface area contributed by atoms with Gasteiger partial charge in [-0.1, -0.05) is 0 Å².